The summed E-state index contributed by atoms with van der Waals surface area (Å²) in [7, 11) is -3.44. The third-order valence-electron chi connectivity index (χ3n) is 3.11. The van der Waals surface area contributed by atoms with Crippen LogP contribution in [0.2, 0.25) is 6.04 Å². The Balaban J connectivity index is 3.09. The molecule has 0 N–H and O–H groups in total. The van der Waals surface area contributed by atoms with E-state index in [9.17, 15) is 8.22 Å². The maximum atomic E-state index is 12.5. The fourth-order valence-electron chi connectivity index (χ4n) is 2.25. The number of benzene rings is 1. The van der Waals surface area contributed by atoms with Crippen molar-refractivity contribution >= 4 is 9.46 Å². The third kappa shape index (κ3) is 3.91. The van der Waals surface area contributed by atoms with Crippen molar-refractivity contribution in [1.82, 2.24) is 0 Å². The highest BCUT2D eigenvalue weighted by atomic mass is 28.4. The highest BCUT2D eigenvalue weighted by Gasteiger charge is 2.16. The van der Waals surface area contributed by atoms with E-state index in [4.69, 9.17) is 0 Å². The van der Waals surface area contributed by atoms with Gasteiger partial charge >= 0.3 is 9.46 Å². The van der Waals surface area contributed by atoms with Gasteiger partial charge in [-0.15, -0.1) is 0 Å². The van der Waals surface area contributed by atoms with E-state index in [-0.39, 0.29) is 6.04 Å². The molecule has 3 heteroatoms. The molecule has 0 amide bonds. The minimum Gasteiger partial charge on any atom is -0.275 e. The van der Waals surface area contributed by atoms with Gasteiger partial charge in [0.25, 0.3) is 0 Å². The summed E-state index contributed by atoms with van der Waals surface area (Å²) < 4.78 is 25.0. The van der Waals surface area contributed by atoms with E-state index in [1.807, 2.05) is 6.07 Å². The van der Waals surface area contributed by atoms with Crippen LogP contribution in [0.15, 0.2) is 18.2 Å². The van der Waals surface area contributed by atoms with E-state index in [0.29, 0.717) is 18.3 Å². The Morgan fingerprint density at radius 1 is 1.00 bits per heavy atom. The maximum Gasteiger partial charge on any atom is 0.411 e. The lowest BCUT2D eigenvalue weighted by atomic mass is 9.87. The average Bonchev–Trinajstić information content (AvgIpc) is 2.25. The van der Waals surface area contributed by atoms with Crippen LogP contribution in [0.25, 0.3) is 0 Å². The molecule has 0 bridgehead atoms. The molecule has 0 nitrogen and oxygen atoms in total. The first-order chi connectivity index (χ1) is 7.93. The number of rotatable bonds is 5. The first-order valence-corrected chi connectivity index (χ1v) is 8.02. The van der Waals surface area contributed by atoms with Crippen molar-refractivity contribution in [1.29, 1.82) is 0 Å². The molecular formula is C14H22F2Si. The standard InChI is InChI=1S/C14H22F2Si/c1-10(2)12-6-5-7-13(11(3)4)14(12)8-9-17(15)16/h5-7,10-11,17H,8-9H2,1-4H3. The Morgan fingerprint density at radius 2 is 1.47 bits per heavy atom. The maximum absolute atomic E-state index is 12.5. The molecule has 0 saturated carbocycles. The van der Waals surface area contributed by atoms with Crippen molar-refractivity contribution in [2.24, 2.45) is 0 Å². The summed E-state index contributed by atoms with van der Waals surface area (Å²) >= 11 is 0. The Morgan fingerprint density at radius 3 is 1.82 bits per heavy atom. The molecule has 17 heavy (non-hydrogen) atoms. The van der Waals surface area contributed by atoms with Crippen molar-refractivity contribution in [3.63, 3.8) is 0 Å². The van der Waals surface area contributed by atoms with Crippen LogP contribution in [-0.2, 0) is 6.42 Å². The summed E-state index contributed by atoms with van der Waals surface area (Å²) in [6, 6.07) is 6.31. The van der Waals surface area contributed by atoms with Gasteiger partial charge in [-0.3, -0.25) is 8.22 Å². The van der Waals surface area contributed by atoms with Crippen molar-refractivity contribution in [3.8, 4) is 0 Å². The monoisotopic (exact) mass is 256 g/mol. The second kappa shape index (κ2) is 6.29. The predicted octanol–water partition coefficient (Wildman–Crippen LogP) is 4.64. The molecule has 0 radical (unpaired) electrons. The van der Waals surface area contributed by atoms with Gasteiger partial charge in [0.15, 0.2) is 0 Å². The zero-order chi connectivity index (χ0) is 13.0. The average molecular weight is 256 g/mol. The second-order valence-corrected chi connectivity index (χ2v) is 6.51. The van der Waals surface area contributed by atoms with E-state index in [2.05, 4.69) is 39.8 Å². The van der Waals surface area contributed by atoms with Gasteiger partial charge < -0.3 is 0 Å². The topological polar surface area (TPSA) is 0 Å². The van der Waals surface area contributed by atoms with E-state index >= 15 is 0 Å². The predicted molar refractivity (Wildman–Crippen MR) is 72.5 cm³/mol. The van der Waals surface area contributed by atoms with Crippen LogP contribution in [-0.4, -0.2) is 9.46 Å². The molecule has 0 unspecified atom stereocenters. The summed E-state index contributed by atoms with van der Waals surface area (Å²) in [5.41, 5.74) is 3.65. The van der Waals surface area contributed by atoms with Gasteiger partial charge in [-0.25, -0.2) is 0 Å². The van der Waals surface area contributed by atoms with Crippen molar-refractivity contribution in [2.45, 2.75) is 52.0 Å². The van der Waals surface area contributed by atoms with Gasteiger partial charge in [0.05, 0.1) is 0 Å². The minimum atomic E-state index is -3.44. The second-order valence-electron chi connectivity index (χ2n) is 5.15. The van der Waals surface area contributed by atoms with Crippen LogP contribution in [0, 0.1) is 0 Å². The van der Waals surface area contributed by atoms with Gasteiger partial charge in [0, 0.05) is 0 Å². The van der Waals surface area contributed by atoms with Crippen LogP contribution < -0.4 is 0 Å². The van der Waals surface area contributed by atoms with Crippen molar-refractivity contribution < 1.29 is 8.22 Å². The normalized spacial score (nSPS) is 11.8. The molecule has 0 saturated heterocycles. The Labute approximate surface area is 105 Å². The highest BCUT2D eigenvalue weighted by molar-refractivity contribution is 6.42. The summed E-state index contributed by atoms with van der Waals surface area (Å²) in [6.45, 7) is 8.51. The molecule has 0 atom stereocenters. The molecule has 0 aliphatic heterocycles. The Hall–Kier alpha value is -0.703. The molecule has 1 rings (SSSR count). The molecule has 0 spiro atoms. The summed E-state index contributed by atoms with van der Waals surface area (Å²) in [4.78, 5) is 0. The number of halogens is 2. The zero-order valence-corrected chi connectivity index (χ0v) is 12.3. The third-order valence-corrected chi connectivity index (χ3v) is 3.83. The lowest BCUT2D eigenvalue weighted by Crippen LogP contribution is -2.06. The van der Waals surface area contributed by atoms with Crippen LogP contribution in [0.4, 0.5) is 8.22 Å². The molecule has 96 valence electrons. The van der Waals surface area contributed by atoms with E-state index < -0.39 is 9.46 Å². The fraction of sp³-hybridized carbons (Fsp3) is 0.571. The van der Waals surface area contributed by atoms with Crippen LogP contribution >= 0.6 is 0 Å². The van der Waals surface area contributed by atoms with Crippen molar-refractivity contribution in [3.05, 3.63) is 34.9 Å². The zero-order valence-electron chi connectivity index (χ0n) is 11.1. The fourth-order valence-corrected chi connectivity index (χ4v) is 2.75. The highest BCUT2D eigenvalue weighted by Crippen LogP contribution is 2.29. The molecule has 0 aliphatic carbocycles. The molecule has 1 aromatic carbocycles. The molecule has 0 aliphatic rings. The smallest absolute Gasteiger partial charge is 0.275 e. The number of hydrogen-bond donors (Lipinski definition) is 0. The van der Waals surface area contributed by atoms with Crippen LogP contribution in [0.1, 0.15) is 56.2 Å². The summed E-state index contributed by atoms with van der Waals surface area (Å²) in [5.74, 6) is 0.811. The van der Waals surface area contributed by atoms with E-state index in [1.165, 1.54) is 16.7 Å². The van der Waals surface area contributed by atoms with Gasteiger partial charge in [0.2, 0.25) is 0 Å². The largest absolute Gasteiger partial charge is 0.411 e. The van der Waals surface area contributed by atoms with E-state index in [0.717, 1.165) is 0 Å². The quantitative estimate of drug-likeness (QED) is 0.532. The SMILES string of the molecule is CC(C)c1cccc(C(C)C)c1CC[SiH](F)F. The van der Waals surface area contributed by atoms with Crippen LogP contribution in [0.3, 0.4) is 0 Å². The Kier molecular flexibility index (Phi) is 5.31. The summed E-state index contributed by atoms with van der Waals surface area (Å²) in [6.07, 6.45) is 0.547. The van der Waals surface area contributed by atoms with Crippen LogP contribution in [0.5, 0.6) is 0 Å². The lowest BCUT2D eigenvalue weighted by molar-refractivity contribution is 0.647. The molecule has 0 heterocycles. The van der Waals surface area contributed by atoms with Gasteiger partial charge in [0.1, 0.15) is 0 Å². The first kappa shape index (κ1) is 14.4. The molecule has 1 aromatic rings. The van der Waals surface area contributed by atoms with Crippen molar-refractivity contribution in [2.75, 3.05) is 0 Å². The number of hydrogen-bond acceptors (Lipinski definition) is 0. The summed E-state index contributed by atoms with van der Waals surface area (Å²) in [5, 5.41) is 0. The molecule has 0 fully saturated rings. The molecule has 0 aromatic heterocycles. The first-order valence-electron chi connectivity index (χ1n) is 6.33. The lowest BCUT2D eigenvalue weighted by Gasteiger charge is -2.19. The minimum absolute atomic E-state index is 0.101. The Bertz CT molecular complexity index is 333. The van der Waals surface area contributed by atoms with Gasteiger partial charge in [-0.05, 0) is 41.0 Å². The van der Waals surface area contributed by atoms with Gasteiger partial charge in [-0.2, -0.15) is 0 Å². The van der Waals surface area contributed by atoms with E-state index in [1.54, 1.807) is 0 Å². The molecular weight excluding hydrogens is 234 g/mol. The van der Waals surface area contributed by atoms with Gasteiger partial charge in [-0.1, -0.05) is 45.9 Å².